The summed E-state index contributed by atoms with van der Waals surface area (Å²) < 4.78 is 23.5. The maximum absolute atomic E-state index is 6.25. The summed E-state index contributed by atoms with van der Waals surface area (Å²) >= 11 is 0. The molecule has 0 radical (unpaired) electrons. The molecule has 8 nitrogen and oxygen atoms in total. The first-order valence-electron chi connectivity index (χ1n) is 10.6. The molecule has 0 saturated carbocycles. The van der Waals surface area contributed by atoms with Gasteiger partial charge in [-0.3, -0.25) is 0 Å². The molecule has 4 heterocycles. The quantitative estimate of drug-likeness (QED) is 0.678. The zero-order valence-corrected chi connectivity index (χ0v) is 17.4. The highest BCUT2D eigenvalue weighted by molar-refractivity contribution is 5.78. The van der Waals surface area contributed by atoms with Crippen LogP contribution in [-0.2, 0) is 15.0 Å². The highest BCUT2D eigenvalue weighted by atomic mass is 16.5. The SMILES string of the molecule is NC1=N[C@]2(CO1)c1cc(OCC3CCOC3)ccc1Oc1ccc(-c3cncnc3)cc12. The van der Waals surface area contributed by atoms with Gasteiger partial charge in [0, 0.05) is 41.6 Å². The van der Waals surface area contributed by atoms with Crippen LogP contribution in [0.1, 0.15) is 17.5 Å². The fraction of sp³-hybridized carbons (Fsp3) is 0.292. The Balaban J connectivity index is 1.42. The molecule has 2 aromatic carbocycles. The number of hydrogen-bond donors (Lipinski definition) is 1. The number of hydrogen-bond acceptors (Lipinski definition) is 8. The summed E-state index contributed by atoms with van der Waals surface area (Å²) in [4.78, 5) is 13.0. The Morgan fingerprint density at radius 2 is 1.84 bits per heavy atom. The number of aromatic nitrogens is 2. The fourth-order valence-corrected chi connectivity index (χ4v) is 4.48. The highest BCUT2D eigenvalue weighted by Gasteiger charge is 2.47. The normalized spacial score (nSPS) is 23.1. The standard InChI is InChI=1S/C24H22N4O4/c25-23-28-24(13-31-23)19-7-16(17-9-26-14-27-10-17)1-3-21(19)32-22-4-2-18(8-20(22)24)30-12-15-5-6-29-11-15/h1-4,7-10,14-15H,5-6,11-13H2,(H2,25,28)/t15?,24-/m0/s1. The molecule has 3 aliphatic heterocycles. The van der Waals surface area contributed by atoms with Crippen molar-refractivity contribution in [3.05, 3.63) is 66.2 Å². The van der Waals surface area contributed by atoms with E-state index in [0.717, 1.165) is 53.4 Å². The van der Waals surface area contributed by atoms with Crippen LogP contribution in [0.25, 0.3) is 11.1 Å². The lowest BCUT2D eigenvalue weighted by atomic mass is 9.80. The van der Waals surface area contributed by atoms with Gasteiger partial charge in [0.25, 0.3) is 6.02 Å². The number of rotatable bonds is 4. The van der Waals surface area contributed by atoms with E-state index in [1.807, 2.05) is 36.4 Å². The molecular formula is C24H22N4O4. The Hall–Kier alpha value is -3.65. The Bertz CT molecular complexity index is 1190. The van der Waals surface area contributed by atoms with Crippen molar-refractivity contribution in [3.8, 4) is 28.4 Å². The molecule has 1 aromatic heterocycles. The molecule has 1 fully saturated rings. The van der Waals surface area contributed by atoms with Crippen molar-refractivity contribution in [1.82, 2.24) is 9.97 Å². The lowest BCUT2D eigenvalue weighted by Gasteiger charge is -2.34. The van der Waals surface area contributed by atoms with Gasteiger partial charge >= 0.3 is 0 Å². The van der Waals surface area contributed by atoms with Crippen molar-refractivity contribution >= 4 is 6.02 Å². The van der Waals surface area contributed by atoms with Gasteiger partial charge in [-0.1, -0.05) is 6.07 Å². The van der Waals surface area contributed by atoms with Crippen molar-refractivity contribution in [3.63, 3.8) is 0 Å². The zero-order chi connectivity index (χ0) is 21.5. The molecule has 1 saturated heterocycles. The van der Waals surface area contributed by atoms with Crippen LogP contribution in [0.3, 0.4) is 0 Å². The predicted molar refractivity (Wildman–Crippen MR) is 117 cm³/mol. The summed E-state index contributed by atoms with van der Waals surface area (Å²) in [7, 11) is 0. The molecule has 1 spiro atoms. The van der Waals surface area contributed by atoms with E-state index in [9.17, 15) is 0 Å². The van der Waals surface area contributed by atoms with E-state index in [-0.39, 0.29) is 12.6 Å². The molecule has 2 N–H and O–H groups in total. The van der Waals surface area contributed by atoms with Gasteiger partial charge < -0.3 is 24.7 Å². The number of benzene rings is 2. The Labute approximate surface area is 185 Å². The van der Waals surface area contributed by atoms with E-state index in [4.69, 9.17) is 29.7 Å². The zero-order valence-electron chi connectivity index (χ0n) is 17.4. The first-order chi connectivity index (χ1) is 15.7. The minimum atomic E-state index is -0.811. The van der Waals surface area contributed by atoms with Gasteiger partial charge in [0.2, 0.25) is 0 Å². The minimum Gasteiger partial charge on any atom is -0.493 e. The average Bonchev–Trinajstić information content (AvgIpc) is 3.49. The van der Waals surface area contributed by atoms with Gasteiger partial charge in [-0.25, -0.2) is 15.0 Å². The number of ether oxygens (including phenoxy) is 4. The van der Waals surface area contributed by atoms with E-state index in [1.54, 1.807) is 12.4 Å². The predicted octanol–water partition coefficient (Wildman–Crippen LogP) is 3.25. The smallest absolute Gasteiger partial charge is 0.283 e. The minimum absolute atomic E-state index is 0.159. The molecule has 32 heavy (non-hydrogen) atoms. The van der Waals surface area contributed by atoms with Gasteiger partial charge in [0.15, 0.2) is 5.54 Å². The Morgan fingerprint density at radius 3 is 2.59 bits per heavy atom. The number of amidine groups is 1. The van der Waals surface area contributed by atoms with Gasteiger partial charge in [0.1, 0.15) is 30.2 Å². The van der Waals surface area contributed by atoms with Crippen LogP contribution < -0.4 is 15.2 Å². The molecule has 1 unspecified atom stereocenters. The highest BCUT2D eigenvalue weighted by Crippen LogP contribution is 2.52. The average molecular weight is 430 g/mol. The topological polar surface area (TPSA) is 101 Å². The van der Waals surface area contributed by atoms with Gasteiger partial charge in [0.05, 0.1) is 13.2 Å². The number of aliphatic imine (C=N–C) groups is 1. The van der Waals surface area contributed by atoms with Crippen LogP contribution in [0, 0.1) is 5.92 Å². The van der Waals surface area contributed by atoms with Crippen molar-refractivity contribution < 1.29 is 18.9 Å². The van der Waals surface area contributed by atoms with E-state index in [0.29, 0.717) is 18.3 Å². The lowest BCUT2D eigenvalue weighted by Crippen LogP contribution is -2.31. The molecule has 8 heteroatoms. The third-order valence-electron chi connectivity index (χ3n) is 6.18. The first kappa shape index (κ1) is 19.1. The van der Waals surface area contributed by atoms with Gasteiger partial charge in [-0.05, 0) is 42.3 Å². The second-order valence-corrected chi connectivity index (χ2v) is 8.24. The molecule has 6 rings (SSSR count). The van der Waals surface area contributed by atoms with Crippen LogP contribution in [0.5, 0.6) is 17.2 Å². The largest absolute Gasteiger partial charge is 0.493 e. The summed E-state index contributed by atoms with van der Waals surface area (Å²) in [5.41, 5.74) is 8.81. The van der Waals surface area contributed by atoms with Crippen molar-refractivity contribution in [2.75, 3.05) is 26.4 Å². The molecule has 2 atom stereocenters. The molecule has 0 bridgehead atoms. The van der Waals surface area contributed by atoms with Gasteiger partial charge in [-0.15, -0.1) is 0 Å². The molecule has 162 valence electrons. The van der Waals surface area contributed by atoms with E-state index >= 15 is 0 Å². The summed E-state index contributed by atoms with van der Waals surface area (Å²) in [6, 6.07) is 12.0. The summed E-state index contributed by atoms with van der Waals surface area (Å²) in [6.45, 7) is 2.44. The van der Waals surface area contributed by atoms with E-state index in [2.05, 4.69) is 9.97 Å². The Kier molecular flexibility index (Phi) is 4.46. The Morgan fingerprint density at radius 1 is 1.03 bits per heavy atom. The van der Waals surface area contributed by atoms with Crippen LogP contribution in [0.15, 0.2) is 60.1 Å². The van der Waals surface area contributed by atoms with Crippen molar-refractivity contribution in [1.29, 1.82) is 0 Å². The molecule has 0 aliphatic carbocycles. The monoisotopic (exact) mass is 430 g/mol. The molecule has 3 aliphatic rings. The van der Waals surface area contributed by atoms with Crippen molar-refractivity contribution in [2.24, 2.45) is 16.6 Å². The van der Waals surface area contributed by atoms with Crippen molar-refractivity contribution in [2.45, 2.75) is 12.0 Å². The van der Waals surface area contributed by atoms with E-state index < -0.39 is 5.54 Å². The van der Waals surface area contributed by atoms with Crippen LogP contribution in [-0.4, -0.2) is 42.4 Å². The maximum atomic E-state index is 6.25. The second kappa shape index (κ2) is 7.49. The molecule has 0 amide bonds. The van der Waals surface area contributed by atoms with Gasteiger partial charge in [-0.2, -0.15) is 0 Å². The van der Waals surface area contributed by atoms with Crippen LogP contribution >= 0.6 is 0 Å². The second-order valence-electron chi connectivity index (χ2n) is 8.24. The fourth-order valence-electron chi connectivity index (χ4n) is 4.48. The van der Waals surface area contributed by atoms with E-state index in [1.165, 1.54) is 6.33 Å². The summed E-state index contributed by atoms with van der Waals surface area (Å²) in [6.07, 6.45) is 6.09. The first-order valence-corrected chi connectivity index (χ1v) is 10.6. The third kappa shape index (κ3) is 3.15. The maximum Gasteiger partial charge on any atom is 0.283 e. The van der Waals surface area contributed by atoms with Crippen LogP contribution in [0.4, 0.5) is 0 Å². The number of nitrogens with zero attached hydrogens (tertiary/aromatic N) is 3. The summed E-state index contributed by atoms with van der Waals surface area (Å²) in [5, 5.41) is 0. The van der Waals surface area contributed by atoms with Crippen LogP contribution in [0.2, 0.25) is 0 Å². The number of nitrogens with two attached hydrogens (primary N) is 1. The lowest BCUT2D eigenvalue weighted by molar-refractivity contribution is 0.167. The third-order valence-corrected chi connectivity index (χ3v) is 6.18. The number of fused-ring (bicyclic) bond motifs is 4. The summed E-state index contributed by atoms with van der Waals surface area (Å²) in [5.74, 6) is 2.61. The molecular weight excluding hydrogens is 408 g/mol. The molecule has 3 aromatic rings.